The van der Waals surface area contributed by atoms with E-state index in [2.05, 4.69) is 25.2 Å². The molecule has 0 saturated heterocycles. The molecule has 0 amide bonds. The Bertz CT molecular complexity index is 605. The van der Waals surface area contributed by atoms with Crippen LogP contribution in [-0.4, -0.2) is 20.2 Å². The van der Waals surface area contributed by atoms with E-state index >= 15 is 0 Å². The molecule has 0 saturated carbocycles. The number of benzene rings is 1. The molecule has 1 heterocycles. The molecule has 1 aromatic carbocycles. The molecule has 0 aromatic heterocycles. The van der Waals surface area contributed by atoms with Crippen LogP contribution in [0.1, 0.15) is 49.4 Å². The predicted octanol–water partition coefficient (Wildman–Crippen LogP) is 2.39. The Morgan fingerprint density at radius 3 is 2.58 bits per heavy atom. The summed E-state index contributed by atoms with van der Waals surface area (Å²) < 4.78 is 24.6. The fourth-order valence-corrected chi connectivity index (χ4v) is 4.92. The zero-order valence-electron chi connectivity index (χ0n) is 11.6. The Balaban J connectivity index is 2.11. The molecule has 4 heteroatoms. The Morgan fingerprint density at radius 2 is 1.89 bits per heavy atom. The maximum absolute atomic E-state index is 12.3. The van der Waals surface area contributed by atoms with Gasteiger partial charge in [0.2, 0.25) is 0 Å². The van der Waals surface area contributed by atoms with Crippen LogP contribution in [0.3, 0.4) is 0 Å². The van der Waals surface area contributed by atoms with E-state index in [-0.39, 0.29) is 11.8 Å². The molecule has 0 fully saturated rings. The van der Waals surface area contributed by atoms with Crippen LogP contribution in [0.2, 0.25) is 0 Å². The van der Waals surface area contributed by atoms with Crippen molar-refractivity contribution in [1.82, 2.24) is 5.32 Å². The van der Waals surface area contributed by atoms with Crippen molar-refractivity contribution < 1.29 is 8.42 Å². The average Bonchev–Trinajstić information content (AvgIpc) is 2.78. The van der Waals surface area contributed by atoms with Crippen molar-refractivity contribution in [2.45, 2.75) is 56.5 Å². The second-order valence-electron chi connectivity index (χ2n) is 5.99. The van der Waals surface area contributed by atoms with Gasteiger partial charge in [-0.25, -0.2) is 8.42 Å². The molecule has 1 atom stereocenters. The largest absolute Gasteiger partial charge is 0.308 e. The smallest absolute Gasteiger partial charge is 0.178 e. The summed E-state index contributed by atoms with van der Waals surface area (Å²) in [5, 5.41) is 3.50. The highest BCUT2D eigenvalue weighted by Crippen LogP contribution is 2.36. The Kier molecular flexibility index (Phi) is 3.18. The highest BCUT2D eigenvalue weighted by molar-refractivity contribution is 7.91. The molecule has 0 bridgehead atoms. The number of sulfone groups is 1. The molecule has 19 heavy (non-hydrogen) atoms. The lowest BCUT2D eigenvalue weighted by Gasteiger charge is -2.29. The third kappa shape index (κ3) is 2.32. The van der Waals surface area contributed by atoms with Gasteiger partial charge in [-0.3, -0.25) is 0 Å². The number of rotatable bonds is 2. The maximum atomic E-state index is 12.3. The van der Waals surface area contributed by atoms with Gasteiger partial charge in [0, 0.05) is 12.1 Å². The first-order chi connectivity index (χ1) is 8.97. The van der Waals surface area contributed by atoms with Crippen LogP contribution in [-0.2, 0) is 22.7 Å². The molecule has 2 aliphatic rings. The van der Waals surface area contributed by atoms with Gasteiger partial charge >= 0.3 is 0 Å². The lowest BCUT2D eigenvalue weighted by atomic mass is 9.98. The molecule has 1 N–H and O–H groups in total. The highest BCUT2D eigenvalue weighted by Gasteiger charge is 2.32. The number of hydrogen-bond acceptors (Lipinski definition) is 3. The van der Waals surface area contributed by atoms with Gasteiger partial charge < -0.3 is 5.32 Å². The van der Waals surface area contributed by atoms with Crippen molar-refractivity contribution in [3.05, 3.63) is 28.8 Å². The van der Waals surface area contributed by atoms with Crippen LogP contribution >= 0.6 is 0 Å². The van der Waals surface area contributed by atoms with Gasteiger partial charge in [-0.15, -0.1) is 0 Å². The number of aryl methyl sites for hydroxylation is 2. The lowest BCUT2D eigenvalue weighted by Crippen LogP contribution is -2.34. The fourth-order valence-electron chi connectivity index (χ4n) is 3.28. The van der Waals surface area contributed by atoms with Gasteiger partial charge in [-0.05, 0) is 48.4 Å². The van der Waals surface area contributed by atoms with Gasteiger partial charge in [0.1, 0.15) is 0 Å². The first-order valence-electron chi connectivity index (χ1n) is 7.12. The van der Waals surface area contributed by atoms with Gasteiger partial charge in [0.15, 0.2) is 9.84 Å². The van der Waals surface area contributed by atoms with E-state index in [1.165, 1.54) is 11.1 Å². The van der Waals surface area contributed by atoms with Crippen LogP contribution < -0.4 is 5.32 Å². The Morgan fingerprint density at radius 1 is 1.21 bits per heavy atom. The van der Waals surface area contributed by atoms with Crippen molar-refractivity contribution in [3.63, 3.8) is 0 Å². The molecular weight excluding hydrogens is 258 g/mol. The van der Waals surface area contributed by atoms with E-state index in [1.54, 1.807) is 0 Å². The minimum absolute atomic E-state index is 0.185. The summed E-state index contributed by atoms with van der Waals surface area (Å²) in [4.78, 5) is 0.581. The SMILES string of the molecule is CC(C)NC1CCS(=O)(=O)c2cc3c(cc21)CCC3. The van der Waals surface area contributed by atoms with E-state index in [4.69, 9.17) is 0 Å². The minimum atomic E-state index is -3.07. The standard InChI is InChI=1S/C15H21NO2S/c1-10(2)16-14-6-7-19(17,18)15-9-12-5-3-4-11(12)8-13(14)15/h8-10,14,16H,3-7H2,1-2H3. The molecule has 1 unspecified atom stereocenters. The van der Waals surface area contributed by atoms with Crippen molar-refractivity contribution in [2.75, 3.05) is 5.75 Å². The summed E-state index contributed by atoms with van der Waals surface area (Å²) >= 11 is 0. The molecule has 3 rings (SSSR count). The lowest BCUT2D eigenvalue weighted by molar-refractivity contribution is 0.449. The summed E-state index contributed by atoms with van der Waals surface area (Å²) in [7, 11) is -3.07. The van der Waals surface area contributed by atoms with Crippen molar-refractivity contribution in [3.8, 4) is 0 Å². The molecule has 1 aliphatic carbocycles. The highest BCUT2D eigenvalue weighted by atomic mass is 32.2. The van der Waals surface area contributed by atoms with Crippen molar-refractivity contribution in [2.24, 2.45) is 0 Å². The molecule has 1 aliphatic heterocycles. The third-order valence-electron chi connectivity index (χ3n) is 4.14. The van der Waals surface area contributed by atoms with Crippen molar-refractivity contribution in [1.29, 1.82) is 0 Å². The van der Waals surface area contributed by atoms with Crippen LogP contribution in [0.15, 0.2) is 17.0 Å². The number of fused-ring (bicyclic) bond motifs is 2. The van der Waals surface area contributed by atoms with E-state index in [1.807, 2.05) is 6.07 Å². The zero-order valence-corrected chi connectivity index (χ0v) is 12.4. The topological polar surface area (TPSA) is 46.2 Å². The van der Waals surface area contributed by atoms with Gasteiger partial charge in [0.25, 0.3) is 0 Å². The van der Waals surface area contributed by atoms with E-state index in [0.29, 0.717) is 17.4 Å². The minimum Gasteiger partial charge on any atom is -0.308 e. The molecule has 0 radical (unpaired) electrons. The predicted molar refractivity (Wildman–Crippen MR) is 76.1 cm³/mol. The summed E-state index contributed by atoms with van der Waals surface area (Å²) in [5.41, 5.74) is 3.60. The fraction of sp³-hybridized carbons (Fsp3) is 0.600. The van der Waals surface area contributed by atoms with Crippen LogP contribution in [0, 0.1) is 0 Å². The first kappa shape index (κ1) is 13.1. The summed E-state index contributed by atoms with van der Waals surface area (Å²) in [5.74, 6) is 0.267. The van der Waals surface area contributed by atoms with E-state index in [9.17, 15) is 8.42 Å². The summed E-state index contributed by atoms with van der Waals surface area (Å²) in [6.07, 6.45) is 3.96. The van der Waals surface area contributed by atoms with Crippen LogP contribution in [0.5, 0.6) is 0 Å². The summed E-state index contributed by atoms with van der Waals surface area (Å²) in [6, 6.07) is 4.65. The van der Waals surface area contributed by atoms with Gasteiger partial charge in [-0.2, -0.15) is 0 Å². The van der Waals surface area contributed by atoms with Crippen LogP contribution in [0.4, 0.5) is 0 Å². The zero-order chi connectivity index (χ0) is 13.6. The Hall–Kier alpha value is -0.870. The quantitative estimate of drug-likeness (QED) is 0.904. The molecule has 3 nitrogen and oxygen atoms in total. The normalized spacial score (nSPS) is 24.3. The molecule has 1 aromatic rings. The molecule has 0 spiro atoms. The first-order valence-corrected chi connectivity index (χ1v) is 8.77. The average molecular weight is 279 g/mol. The van der Waals surface area contributed by atoms with Gasteiger partial charge in [0.05, 0.1) is 10.6 Å². The number of nitrogens with one attached hydrogen (secondary N) is 1. The number of hydrogen-bond donors (Lipinski definition) is 1. The van der Waals surface area contributed by atoms with E-state index < -0.39 is 9.84 Å². The summed E-state index contributed by atoms with van der Waals surface area (Å²) in [6.45, 7) is 4.21. The second kappa shape index (κ2) is 4.60. The maximum Gasteiger partial charge on any atom is 0.178 e. The molecule has 104 valence electrons. The van der Waals surface area contributed by atoms with Crippen molar-refractivity contribution >= 4 is 9.84 Å². The Labute approximate surface area is 115 Å². The van der Waals surface area contributed by atoms with E-state index in [0.717, 1.165) is 24.8 Å². The second-order valence-corrected chi connectivity index (χ2v) is 8.07. The third-order valence-corrected chi connectivity index (χ3v) is 5.94. The monoisotopic (exact) mass is 279 g/mol. The molecular formula is C15H21NO2S. The van der Waals surface area contributed by atoms with Gasteiger partial charge in [-0.1, -0.05) is 19.9 Å². The van der Waals surface area contributed by atoms with Crippen LogP contribution in [0.25, 0.3) is 0 Å².